The molecule has 1 rings (SSSR count). The van der Waals surface area contributed by atoms with Crippen LogP contribution in [0.4, 0.5) is 0 Å². The van der Waals surface area contributed by atoms with Crippen molar-refractivity contribution in [2.75, 3.05) is 0 Å². The number of halogens is 1. The average molecular weight is 213 g/mol. The van der Waals surface area contributed by atoms with Crippen molar-refractivity contribution >= 4 is 23.6 Å². The Labute approximate surface area is 86.1 Å². The van der Waals surface area contributed by atoms with Crippen molar-refractivity contribution in [3.63, 3.8) is 0 Å². The molecule has 14 heavy (non-hydrogen) atoms. The lowest BCUT2D eigenvalue weighted by molar-refractivity contribution is -0.131. The highest BCUT2D eigenvalue weighted by Crippen LogP contribution is 2.05. The molecule has 0 saturated carbocycles. The van der Waals surface area contributed by atoms with Gasteiger partial charge in [0.15, 0.2) is 0 Å². The molecule has 0 aliphatic rings. The highest BCUT2D eigenvalue weighted by Gasteiger charge is 1.96. The zero-order chi connectivity index (χ0) is 10.6. The van der Waals surface area contributed by atoms with Crippen molar-refractivity contribution in [1.29, 1.82) is 0 Å². The van der Waals surface area contributed by atoms with E-state index in [4.69, 9.17) is 16.7 Å². The molecule has 0 bridgehead atoms. The molecule has 74 valence electrons. The summed E-state index contributed by atoms with van der Waals surface area (Å²) >= 11 is 5.58. The first kappa shape index (κ1) is 10.5. The van der Waals surface area contributed by atoms with Crippen LogP contribution in [-0.2, 0) is 11.3 Å². The summed E-state index contributed by atoms with van der Waals surface area (Å²) in [6.07, 6.45) is 5.76. The summed E-state index contributed by atoms with van der Waals surface area (Å²) in [4.78, 5) is 10.2. The molecule has 0 unspecified atom stereocenters. The maximum absolute atomic E-state index is 10.2. The second-order valence-corrected chi connectivity index (χ2v) is 3.19. The number of hydrogen-bond acceptors (Lipinski definition) is 2. The van der Waals surface area contributed by atoms with Crippen LogP contribution in [0.3, 0.4) is 0 Å². The van der Waals surface area contributed by atoms with Gasteiger partial charge in [0.05, 0.1) is 12.7 Å². The smallest absolute Gasteiger partial charge is 0.328 e. The van der Waals surface area contributed by atoms with Gasteiger partial charge in [0, 0.05) is 22.9 Å². The standard InChI is InChI=1S/C9H9ClN2O2/c1-7(10)5-12-6-8(4-11-12)2-3-9(13)14/h2-4,6H,1,5H2,(H,13,14)/b3-2+. The summed E-state index contributed by atoms with van der Waals surface area (Å²) in [5, 5.41) is 12.8. The molecule has 0 aliphatic heterocycles. The Bertz CT molecular complexity index is 382. The number of aliphatic carboxylic acids is 1. The zero-order valence-electron chi connectivity index (χ0n) is 7.35. The van der Waals surface area contributed by atoms with Gasteiger partial charge >= 0.3 is 5.97 Å². The molecule has 0 radical (unpaired) electrons. The lowest BCUT2D eigenvalue weighted by Gasteiger charge is -1.95. The number of nitrogens with zero attached hydrogens (tertiary/aromatic N) is 2. The average Bonchev–Trinajstić information content (AvgIpc) is 2.47. The van der Waals surface area contributed by atoms with Crippen LogP contribution in [0.2, 0.25) is 0 Å². The Morgan fingerprint density at radius 2 is 2.50 bits per heavy atom. The van der Waals surface area contributed by atoms with Crippen molar-refractivity contribution in [2.45, 2.75) is 6.54 Å². The molecule has 1 aromatic heterocycles. The topological polar surface area (TPSA) is 55.1 Å². The molecule has 4 nitrogen and oxygen atoms in total. The van der Waals surface area contributed by atoms with E-state index in [9.17, 15) is 4.79 Å². The summed E-state index contributed by atoms with van der Waals surface area (Å²) in [6.45, 7) is 3.95. The monoisotopic (exact) mass is 212 g/mol. The number of carboxylic acid groups (broad SMARTS) is 1. The van der Waals surface area contributed by atoms with Gasteiger partial charge in [-0.1, -0.05) is 18.2 Å². The van der Waals surface area contributed by atoms with Crippen LogP contribution in [0.1, 0.15) is 5.56 Å². The fraction of sp³-hybridized carbons (Fsp3) is 0.111. The normalized spacial score (nSPS) is 10.6. The minimum absolute atomic E-state index is 0.419. The third-order valence-electron chi connectivity index (χ3n) is 1.41. The molecule has 0 atom stereocenters. The fourth-order valence-corrected chi connectivity index (χ4v) is 1.02. The molecule has 0 spiro atoms. The van der Waals surface area contributed by atoms with Crippen molar-refractivity contribution in [2.24, 2.45) is 0 Å². The van der Waals surface area contributed by atoms with E-state index in [0.717, 1.165) is 6.08 Å². The van der Waals surface area contributed by atoms with Crippen LogP contribution in [0.15, 0.2) is 30.1 Å². The van der Waals surface area contributed by atoms with Gasteiger partial charge in [-0.15, -0.1) is 0 Å². The van der Waals surface area contributed by atoms with E-state index in [1.165, 1.54) is 6.08 Å². The number of carbonyl (C=O) groups is 1. The number of rotatable bonds is 4. The molecule has 1 aromatic rings. The Morgan fingerprint density at radius 1 is 1.79 bits per heavy atom. The lowest BCUT2D eigenvalue weighted by Crippen LogP contribution is -1.96. The molecule has 0 aromatic carbocycles. The second-order valence-electron chi connectivity index (χ2n) is 2.66. The van der Waals surface area contributed by atoms with Crippen LogP contribution in [-0.4, -0.2) is 20.9 Å². The van der Waals surface area contributed by atoms with Gasteiger partial charge in [0.2, 0.25) is 0 Å². The zero-order valence-corrected chi connectivity index (χ0v) is 8.11. The van der Waals surface area contributed by atoms with Gasteiger partial charge < -0.3 is 5.11 Å². The molecule has 1 N–H and O–H groups in total. The molecule has 5 heteroatoms. The summed E-state index contributed by atoms with van der Waals surface area (Å²) < 4.78 is 1.58. The van der Waals surface area contributed by atoms with Crippen LogP contribution >= 0.6 is 11.6 Å². The predicted molar refractivity (Wildman–Crippen MR) is 53.9 cm³/mol. The van der Waals surface area contributed by atoms with Gasteiger partial charge in [0.25, 0.3) is 0 Å². The largest absolute Gasteiger partial charge is 0.478 e. The summed E-state index contributed by atoms with van der Waals surface area (Å²) in [5.74, 6) is -0.987. The van der Waals surface area contributed by atoms with Crippen molar-refractivity contribution in [3.05, 3.63) is 35.6 Å². The van der Waals surface area contributed by atoms with E-state index in [1.807, 2.05) is 0 Å². The van der Waals surface area contributed by atoms with E-state index in [0.29, 0.717) is 17.1 Å². The molecule has 0 saturated heterocycles. The van der Waals surface area contributed by atoms with Crippen molar-refractivity contribution in [3.8, 4) is 0 Å². The first-order valence-corrected chi connectivity index (χ1v) is 4.22. The number of hydrogen-bond donors (Lipinski definition) is 1. The maximum Gasteiger partial charge on any atom is 0.328 e. The van der Waals surface area contributed by atoms with Crippen molar-refractivity contribution < 1.29 is 9.90 Å². The van der Waals surface area contributed by atoms with Crippen LogP contribution in [0, 0.1) is 0 Å². The number of carboxylic acids is 1. The van der Waals surface area contributed by atoms with Gasteiger partial charge in [-0.2, -0.15) is 5.10 Å². The highest BCUT2D eigenvalue weighted by molar-refractivity contribution is 6.29. The van der Waals surface area contributed by atoms with E-state index in [-0.39, 0.29) is 0 Å². The third-order valence-corrected chi connectivity index (χ3v) is 1.52. The summed E-state index contributed by atoms with van der Waals surface area (Å²) in [5.41, 5.74) is 0.713. The third kappa shape index (κ3) is 3.45. The summed E-state index contributed by atoms with van der Waals surface area (Å²) in [6, 6.07) is 0. The van der Waals surface area contributed by atoms with Gasteiger partial charge in [-0.25, -0.2) is 4.79 Å². The van der Waals surface area contributed by atoms with Crippen LogP contribution in [0.25, 0.3) is 6.08 Å². The number of allylic oxidation sites excluding steroid dienone is 1. The second kappa shape index (κ2) is 4.62. The fourth-order valence-electron chi connectivity index (χ4n) is 0.895. The van der Waals surface area contributed by atoms with Crippen LogP contribution in [0.5, 0.6) is 0 Å². The van der Waals surface area contributed by atoms with E-state index in [1.54, 1.807) is 17.1 Å². The molecule has 1 heterocycles. The van der Waals surface area contributed by atoms with Gasteiger partial charge in [-0.05, 0) is 6.08 Å². The molecule has 0 amide bonds. The lowest BCUT2D eigenvalue weighted by atomic mass is 10.3. The Kier molecular flexibility index (Phi) is 3.48. The summed E-state index contributed by atoms with van der Waals surface area (Å²) in [7, 11) is 0. The molecular formula is C9H9ClN2O2. The Morgan fingerprint density at radius 3 is 3.07 bits per heavy atom. The predicted octanol–water partition coefficient (Wildman–Crippen LogP) is 1.73. The quantitative estimate of drug-likeness (QED) is 0.774. The van der Waals surface area contributed by atoms with Gasteiger partial charge in [0.1, 0.15) is 0 Å². The Balaban J connectivity index is 2.68. The minimum Gasteiger partial charge on any atom is -0.478 e. The van der Waals surface area contributed by atoms with E-state index >= 15 is 0 Å². The molecule has 0 fully saturated rings. The SMILES string of the molecule is C=C(Cl)Cn1cc(/C=C/C(=O)O)cn1. The first-order valence-electron chi connectivity index (χ1n) is 3.84. The number of aromatic nitrogens is 2. The first-order chi connectivity index (χ1) is 6.58. The highest BCUT2D eigenvalue weighted by atomic mass is 35.5. The van der Waals surface area contributed by atoms with Crippen molar-refractivity contribution in [1.82, 2.24) is 9.78 Å². The maximum atomic E-state index is 10.2. The molecular weight excluding hydrogens is 204 g/mol. The van der Waals surface area contributed by atoms with Gasteiger partial charge in [-0.3, -0.25) is 4.68 Å². The van der Waals surface area contributed by atoms with E-state index < -0.39 is 5.97 Å². The molecule has 0 aliphatic carbocycles. The van der Waals surface area contributed by atoms with Crippen LogP contribution < -0.4 is 0 Å². The Hall–Kier alpha value is -1.55. The minimum atomic E-state index is -0.987. The van der Waals surface area contributed by atoms with E-state index in [2.05, 4.69) is 11.7 Å².